The molecule has 4 aliphatic carbocycles. The molecule has 2 saturated heterocycles. The third-order valence-corrected chi connectivity index (χ3v) is 23.7. The van der Waals surface area contributed by atoms with Crippen LogP contribution >= 0.6 is 0 Å². The van der Waals surface area contributed by atoms with Crippen LogP contribution in [0.25, 0.3) is 12.2 Å². The van der Waals surface area contributed by atoms with Crippen molar-refractivity contribution in [2.75, 3.05) is 126 Å². The lowest BCUT2D eigenvalue weighted by Crippen LogP contribution is -2.51. The van der Waals surface area contributed by atoms with E-state index in [0.29, 0.717) is 48.4 Å². The van der Waals surface area contributed by atoms with Crippen molar-refractivity contribution in [3.8, 4) is 23.0 Å². The molecule has 0 bridgehead atoms. The fraction of sp³-hybridized carbons (Fsp3) is 0.675. The van der Waals surface area contributed by atoms with Gasteiger partial charge in [0, 0.05) is 110 Å². The van der Waals surface area contributed by atoms with E-state index < -0.39 is 17.5 Å². The number of rotatable bonds is 40. The third-order valence-electron chi connectivity index (χ3n) is 23.7. The second kappa shape index (κ2) is 39.2. The zero-order valence-electron chi connectivity index (χ0n) is 62.4. The summed E-state index contributed by atoms with van der Waals surface area (Å²) in [5.74, 6) is 2.95. The molecule has 562 valence electrons. The molecule has 0 spiro atoms. The molecule has 5 fully saturated rings. The van der Waals surface area contributed by atoms with Crippen LogP contribution in [0.2, 0.25) is 0 Å². The fourth-order valence-electron chi connectivity index (χ4n) is 17.6. The minimum absolute atomic E-state index is 0.00524. The number of ketones is 2. The monoisotopic (exact) mass is 1410 g/mol. The molecule has 22 nitrogen and oxygen atoms in total. The smallest absolute Gasteiger partial charge is 0.246 e. The Hall–Kier alpha value is -6.98. The van der Waals surface area contributed by atoms with Gasteiger partial charge in [-0.1, -0.05) is 95.0 Å². The first-order valence-corrected chi connectivity index (χ1v) is 38.5. The molecule has 4 amide bonds. The summed E-state index contributed by atoms with van der Waals surface area (Å²) in [4.78, 5) is 88.0. The Kier molecular flexibility index (Phi) is 30.4. The van der Waals surface area contributed by atoms with Gasteiger partial charge in [0.15, 0.2) is 34.6 Å². The molecule has 2 aliphatic heterocycles. The van der Waals surface area contributed by atoms with Crippen LogP contribution in [0.1, 0.15) is 167 Å². The highest BCUT2D eigenvalue weighted by Crippen LogP contribution is 2.67. The maximum Gasteiger partial charge on any atom is 0.246 e. The zero-order valence-corrected chi connectivity index (χ0v) is 62.4. The Morgan fingerprint density at radius 2 is 1.12 bits per heavy atom. The van der Waals surface area contributed by atoms with E-state index in [-0.39, 0.29) is 97.0 Å². The van der Waals surface area contributed by atoms with Gasteiger partial charge in [-0.3, -0.25) is 33.4 Å². The van der Waals surface area contributed by atoms with Gasteiger partial charge in [-0.15, -0.1) is 5.10 Å². The van der Waals surface area contributed by atoms with Crippen LogP contribution in [0.3, 0.4) is 0 Å². The van der Waals surface area contributed by atoms with E-state index in [9.17, 15) is 39.0 Å². The number of hydrogen-bond acceptors (Lipinski definition) is 17. The van der Waals surface area contributed by atoms with E-state index in [1.165, 1.54) is 113 Å². The number of phenolic OH excluding ortho intramolecular Hbond substituents is 2. The highest BCUT2D eigenvalue weighted by Gasteiger charge is 2.59. The lowest BCUT2D eigenvalue weighted by molar-refractivity contribution is -0.129. The van der Waals surface area contributed by atoms with E-state index in [1.807, 2.05) is 0 Å². The number of carbonyl (C=O) groups is 6. The molecule has 3 aromatic rings. The quantitative estimate of drug-likeness (QED) is 0.0134. The van der Waals surface area contributed by atoms with Crippen LogP contribution in [-0.2, 0) is 46.5 Å². The molecule has 6 N–H and O–H groups in total. The summed E-state index contributed by atoms with van der Waals surface area (Å²) < 4.78 is 18.2. The number of benzene rings is 2. The first-order valence-electron chi connectivity index (χ1n) is 38.5. The average Bonchev–Trinajstić information content (AvgIpc) is 1.46. The number of amides is 4. The molecule has 3 heterocycles. The predicted molar refractivity (Wildman–Crippen MR) is 398 cm³/mol. The number of hydrogen-bond donors (Lipinski definition) is 6. The van der Waals surface area contributed by atoms with Gasteiger partial charge in [0.25, 0.3) is 0 Å². The number of ether oxygens (including phenoxy) is 3. The molecule has 6 aliphatic rings. The molecule has 9 rings (SSSR count). The molecule has 0 unspecified atom stereocenters. The second-order valence-corrected chi connectivity index (χ2v) is 31.0. The summed E-state index contributed by atoms with van der Waals surface area (Å²) in [6.45, 7) is 26.6. The Balaban J connectivity index is 0.546. The average molecular weight is 1410 g/mol. The molecule has 1 aromatic heterocycles. The number of aromatic hydroxyl groups is 2. The molecule has 0 radical (unpaired) electrons. The van der Waals surface area contributed by atoms with Gasteiger partial charge in [0.05, 0.1) is 38.5 Å². The van der Waals surface area contributed by atoms with Crippen molar-refractivity contribution >= 4 is 47.3 Å². The van der Waals surface area contributed by atoms with Crippen LogP contribution in [0.15, 0.2) is 66.4 Å². The lowest BCUT2D eigenvalue weighted by atomic mass is 9.47. The molecule has 3 saturated carbocycles. The van der Waals surface area contributed by atoms with Crippen molar-refractivity contribution in [2.24, 2.45) is 52.3 Å². The minimum atomic E-state index is -1.15. The normalized spacial score (nSPS) is 23.7. The minimum Gasteiger partial charge on any atom is -0.504 e. The van der Waals surface area contributed by atoms with Crippen molar-refractivity contribution in [2.45, 2.75) is 169 Å². The number of aromatic nitrogens is 3. The standard InChI is InChI=1S/C80H121N11O11/c1-57(2)13-8-14-58(3)66-21-22-67-64-20-19-61-53-63(29-32-79(61,4)68(64)30-33-80(66,67)5)102-56-78(99)84-37-12-41-90-49-47-88(48-50-90)39-10-35-82-76(97)28-27-75(96)81-34-9-38-87-43-45-89(46-44-87)40-11-36-83-77(98)31-42-91-55-62(85-86-91)54-65(69(92)23-15-59-17-25-71(94)73(51-59)100-6)70(93)24-16-60-18-26-72(95)74(52-60)101-7/h15-19,23-26,51-52,55,57-58,63-68,94-95H,8-14,20-22,27-50,53-54,56H2,1-7H3,(H,81,96)(H,82,97)(H,83,98)(H,84,99)/b23-15+,24-16+/t58-,63+,64+,66-,67+,68+,79+,80-/m1/s1. The molecular weight excluding hydrogens is 1290 g/mol. The maximum absolute atomic E-state index is 13.6. The first-order chi connectivity index (χ1) is 49.2. The number of allylic oxidation sites excluding steroid dienone is 3. The summed E-state index contributed by atoms with van der Waals surface area (Å²) in [5.41, 5.74) is 3.97. The van der Waals surface area contributed by atoms with Crippen LogP contribution in [0.5, 0.6) is 23.0 Å². The summed E-state index contributed by atoms with van der Waals surface area (Å²) in [6.07, 6.45) is 28.2. The molecule has 22 heteroatoms. The Labute approximate surface area is 606 Å². The van der Waals surface area contributed by atoms with Gasteiger partial charge < -0.3 is 65.3 Å². The van der Waals surface area contributed by atoms with Crippen molar-refractivity contribution in [3.63, 3.8) is 0 Å². The summed E-state index contributed by atoms with van der Waals surface area (Å²) in [6, 6.07) is 9.26. The lowest BCUT2D eigenvalue weighted by Gasteiger charge is -2.58. The van der Waals surface area contributed by atoms with Gasteiger partial charge in [-0.25, -0.2) is 0 Å². The van der Waals surface area contributed by atoms with Gasteiger partial charge in [0.2, 0.25) is 23.6 Å². The molecule has 8 atom stereocenters. The van der Waals surface area contributed by atoms with E-state index in [2.05, 4.69) is 91.9 Å². The van der Waals surface area contributed by atoms with Gasteiger partial charge in [-0.05, 0) is 197 Å². The first kappa shape index (κ1) is 79.1. The van der Waals surface area contributed by atoms with E-state index in [4.69, 9.17) is 14.2 Å². The highest BCUT2D eigenvalue weighted by molar-refractivity contribution is 6.13. The third kappa shape index (κ3) is 23.0. The molecule has 2 aromatic carbocycles. The number of fused-ring (bicyclic) bond motifs is 5. The van der Waals surface area contributed by atoms with Crippen molar-refractivity contribution in [3.05, 3.63) is 83.2 Å². The van der Waals surface area contributed by atoms with Crippen molar-refractivity contribution in [1.29, 1.82) is 0 Å². The molecule has 102 heavy (non-hydrogen) atoms. The van der Waals surface area contributed by atoms with Crippen molar-refractivity contribution < 1.29 is 53.2 Å². The molecular formula is C80H121N11O11. The van der Waals surface area contributed by atoms with Crippen LogP contribution in [0.4, 0.5) is 0 Å². The van der Waals surface area contributed by atoms with Crippen LogP contribution < -0.4 is 30.7 Å². The summed E-state index contributed by atoms with van der Waals surface area (Å²) >= 11 is 0. The highest BCUT2D eigenvalue weighted by atomic mass is 16.5. The number of nitrogens with zero attached hydrogens (tertiary/aromatic N) is 7. The number of carbonyl (C=O) groups excluding carboxylic acids is 6. The van der Waals surface area contributed by atoms with Gasteiger partial charge in [-0.2, -0.15) is 0 Å². The second-order valence-electron chi connectivity index (χ2n) is 31.0. The number of phenols is 2. The van der Waals surface area contributed by atoms with Crippen molar-refractivity contribution in [1.82, 2.24) is 55.9 Å². The number of piperazine rings is 2. The van der Waals surface area contributed by atoms with E-state index >= 15 is 0 Å². The van der Waals surface area contributed by atoms with E-state index in [1.54, 1.807) is 36.0 Å². The number of methoxy groups -OCH3 is 2. The summed E-state index contributed by atoms with van der Waals surface area (Å²) in [7, 11) is 2.85. The van der Waals surface area contributed by atoms with Crippen LogP contribution in [0, 0.1) is 52.3 Å². The maximum atomic E-state index is 13.6. The largest absolute Gasteiger partial charge is 0.504 e. The SMILES string of the molecule is COc1cc(/C=C/C(=O)C(Cc2cn(CCC(=O)NCCCN3CCN(CCCNC(=O)CCC(=O)NCCCN4CCN(CCCNC(=O)CO[C@H]5CC[C@@]6(C)C(=CC[C@H]7[C@@H]8CC[C@H]([C@H](C)CCCC(C)C)[C@@]8(C)CC[C@@H]76)C5)CC4)CC3)nn2)C(=O)/C=C/c2ccc(O)c(OC)c2)ccc1O. The predicted octanol–water partition coefficient (Wildman–Crippen LogP) is 9.29. The number of nitrogens with one attached hydrogen (secondary N) is 4. The Morgan fingerprint density at radius 3 is 1.63 bits per heavy atom. The summed E-state index contributed by atoms with van der Waals surface area (Å²) in [5, 5.41) is 40.5. The zero-order chi connectivity index (χ0) is 72.6. The number of aryl methyl sites for hydroxylation is 1. The Bertz CT molecular complexity index is 3240. The Morgan fingerprint density at radius 1 is 0.608 bits per heavy atom. The fourth-order valence-corrected chi connectivity index (χ4v) is 17.6. The van der Waals surface area contributed by atoms with Crippen LogP contribution in [-0.4, -0.2) is 212 Å². The van der Waals surface area contributed by atoms with Gasteiger partial charge >= 0.3 is 0 Å². The van der Waals surface area contributed by atoms with Gasteiger partial charge in [0.1, 0.15) is 6.61 Å². The van der Waals surface area contributed by atoms with E-state index in [0.717, 1.165) is 153 Å². The topological polar surface area (TPSA) is 262 Å².